The number of aromatic nitrogens is 3. The highest BCUT2D eigenvalue weighted by Crippen LogP contribution is 2.46. The highest BCUT2D eigenvalue weighted by Gasteiger charge is 2.28. The zero-order valence-electron chi connectivity index (χ0n) is 21.3. The zero-order valence-corrected chi connectivity index (χ0v) is 21.3. The van der Waals surface area contributed by atoms with Gasteiger partial charge >= 0.3 is 0 Å². The van der Waals surface area contributed by atoms with Crippen LogP contribution in [-0.2, 0) is 19.3 Å². The molecule has 9 rings (SSSR count). The smallest absolute Gasteiger partial charge is 0.0747 e. The first-order valence-corrected chi connectivity index (χ1v) is 13.6. The van der Waals surface area contributed by atoms with E-state index in [1.54, 1.807) is 0 Å². The van der Waals surface area contributed by atoms with Gasteiger partial charge in [0.25, 0.3) is 0 Å². The van der Waals surface area contributed by atoms with Gasteiger partial charge in [-0.1, -0.05) is 66.7 Å². The van der Waals surface area contributed by atoms with Gasteiger partial charge in [0.15, 0.2) is 0 Å². The molecule has 3 nitrogen and oxygen atoms in total. The lowest BCUT2D eigenvalue weighted by molar-refractivity contribution is 1.20. The molecule has 0 unspecified atom stereocenters. The van der Waals surface area contributed by atoms with E-state index in [1.807, 2.05) is 12.4 Å². The second-order valence-corrected chi connectivity index (χ2v) is 10.8. The highest BCUT2D eigenvalue weighted by molar-refractivity contribution is 5.89. The second-order valence-electron chi connectivity index (χ2n) is 10.8. The molecule has 0 fully saturated rings. The fourth-order valence-electron chi connectivity index (χ4n) is 6.84. The van der Waals surface area contributed by atoms with Gasteiger partial charge in [0.05, 0.1) is 22.8 Å². The van der Waals surface area contributed by atoms with E-state index in [-0.39, 0.29) is 0 Å². The van der Waals surface area contributed by atoms with E-state index in [1.165, 1.54) is 61.2 Å². The second kappa shape index (κ2) is 7.81. The largest absolute Gasteiger partial charge is 0.256 e. The molecule has 0 N–H and O–H groups in total. The van der Waals surface area contributed by atoms with Gasteiger partial charge in [-0.3, -0.25) is 9.97 Å². The molecule has 0 saturated carbocycles. The Morgan fingerprint density at radius 1 is 0.436 bits per heavy atom. The van der Waals surface area contributed by atoms with Gasteiger partial charge in [0.1, 0.15) is 0 Å². The topological polar surface area (TPSA) is 38.7 Å². The van der Waals surface area contributed by atoms with Crippen LogP contribution in [0.3, 0.4) is 0 Å². The minimum absolute atomic E-state index is 0.892. The highest BCUT2D eigenvalue weighted by atomic mass is 14.7. The van der Waals surface area contributed by atoms with Crippen LogP contribution in [0.25, 0.3) is 56.2 Å². The van der Waals surface area contributed by atoms with Crippen LogP contribution >= 0.6 is 0 Å². The molecule has 3 aromatic carbocycles. The van der Waals surface area contributed by atoms with Crippen molar-refractivity contribution >= 4 is 0 Å². The summed E-state index contributed by atoms with van der Waals surface area (Å²) in [5.74, 6) is 0. The average Bonchev–Trinajstić information content (AvgIpc) is 3.67. The van der Waals surface area contributed by atoms with E-state index < -0.39 is 0 Å². The van der Waals surface area contributed by atoms with Gasteiger partial charge < -0.3 is 0 Å². The van der Waals surface area contributed by atoms with Gasteiger partial charge in [-0.15, -0.1) is 0 Å². The molecular formula is C36H23N3. The number of pyridine rings is 3. The predicted molar refractivity (Wildman–Crippen MR) is 155 cm³/mol. The first-order valence-electron chi connectivity index (χ1n) is 13.6. The summed E-state index contributed by atoms with van der Waals surface area (Å²) in [6, 6.07) is 32.8. The Kier molecular flexibility index (Phi) is 4.22. The van der Waals surface area contributed by atoms with Crippen molar-refractivity contribution < 1.29 is 0 Å². The monoisotopic (exact) mass is 497 g/mol. The summed E-state index contributed by atoms with van der Waals surface area (Å²) in [4.78, 5) is 14.8. The lowest BCUT2D eigenvalue weighted by Crippen LogP contribution is -1.95. The minimum atomic E-state index is 0.892. The Morgan fingerprint density at radius 2 is 1.03 bits per heavy atom. The van der Waals surface area contributed by atoms with Crippen molar-refractivity contribution in [1.82, 2.24) is 15.0 Å². The third-order valence-electron chi connectivity index (χ3n) is 8.70. The first kappa shape index (κ1) is 21.1. The molecule has 0 bridgehead atoms. The molecule has 182 valence electrons. The summed E-state index contributed by atoms with van der Waals surface area (Å²) in [7, 11) is 0. The lowest BCUT2D eigenvalue weighted by Gasteiger charge is -2.12. The summed E-state index contributed by atoms with van der Waals surface area (Å²) < 4.78 is 0. The molecule has 0 spiro atoms. The molecule has 6 aromatic rings. The van der Waals surface area contributed by atoms with Crippen LogP contribution in [0, 0.1) is 0 Å². The van der Waals surface area contributed by atoms with Gasteiger partial charge in [-0.2, -0.15) is 0 Å². The number of hydrogen-bond donors (Lipinski definition) is 0. The van der Waals surface area contributed by atoms with Crippen molar-refractivity contribution in [2.75, 3.05) is 0 Å². The maximum atomic E-state index is 5.14. The Morgan fingerprint density at radius 3 is 1.77 bits per heavy atom. The van der Waals surface area contributed by atoms with Gasteiger partial charge in [0, 0.05) is 53.9 Å². The Balaban J connectivity index is 1.14. The third-order valence-corrected chi connectivity index (χ3v) is 8.70. The van der Waals surface area contributed by atoms with E-state index >= 15 is 0 Å². The van der Waals surface area contributed by atoms with Gasteiger partial charge in [-0.05, 0) is 68.8 Å². The van der Waals surface area contributed by atoms with E-state index in [0.29, 0.717) is 0 Å². The van der Waals surface area contributed by atoms with E-state index in [0.717, 1.165) is 47.6 Å². The summed E-state index contributed by atoms with van der Waals surface area (Å²) in [5, 5.41) is 0. The molecule has 0 aliphatic heterocycles. The molecule has 39 heavy (non-hydrogen) atoms. The van der Waals surface area contributed by atoms with Crippen LogP contribution in [0.5, 0.6) is 0 Å². The third kappa shape index (κ3) is 3.01. The van der Waals surface area contributed by atoms with Crippen LogP contribution < -0.4 is 0 Å². The lowest BCUT2D eigenvalue weighted by atomic mass is 9.94. The van der Waals surface area contributed by atoms with Crippen LogP contribution in [0.15, 0.2) is 103 Å². The van der Waals surface area contributed by atoms with Crippen molar-refractivity contribution in [3.8, 4) is 56.2 Å². The average molecular weight is 498 g/mol. The molecule has 0 saturated heterocycles. The van der Waals surface area contributed by atoms with Crippen LogP contribution in [0.1, 0.15) is 33.4 Å². The molecule has 0 radical (unpaired) electrons. The maximum Gasteiger partial charge on any atom is 0.0747 e. The van der Waals surface area contributed by atoms with Crippen molar-refractivity contribution in [2.45, 2.75) is 19.3 Å². The maximum absolute atomic E-state index is 5.14. The molecule has 0 amide bonds. The summed E-state index contributed by atoms with van der Waals surface area (Å²) >= 11 is 0. The normalized spacial score (nSPS) is 13.3. The molecule has 3 heteroatoms. The van der Waals surface area contributed by atoms with E-state index in [4.69, 9.17) is 15.0 Å². The quantitative estimate of drug-likeness (QED) is 0.243. The summed E-state index contributed by atoms with van der Waals surface area (Å²) in [5.41, 5.74) is 19.8. The van der Waals surface area contributed by atoms with Crippen LogP contribution in [0.4, 0.5) is 0 Å². The number of benzene rings is 3. The zero-order chi connectivity index (χ0) is 25.5. The molecular weight excluding hydrogens is 474 g/mol. The van der Waals surface area contributed by atoms with Crippen molar-refractivity contribution in [3.05, 3.63) is 137 Å². The fourth-order valence-corrected chi connectivity index (χ4v) is 6.84. The molecule has 3 heterocycles. The van der Waals surface area contributed by atoms with Crippen molar-refractivity contribution in [1.29, 1.82) is 0 Å². The molecule has 3 aromatic heterocycles. The van der Waals surface area contributed by atoms with E-state index in [9.17, 15) is 0 Å². The standard InChI is InChI=1S/C36H23N3/c1-3-7-26-21(5-1)17-25-11-12-33(39-34(25)26)24-10-9-23-19-32-29(14-16-38-36(32)30(23)20-24)28-13-15-37-35-27-8-4-2-6-22(27)18-31(28)35/h1-16,20H,17-19H2. The molecule has 0 atom stereocenters. The number of nitrogens with zero attached hydrogens (tertiary/aromatic N) is 3. The number of rotatable bonds is 2. The number of hydrogen-bond acceptors (Lipinski definition) is 3. The first-order chi connectivity index (χ1) is 19.3. The Hall–Kier alpha value is -4.89. The number of fused-ring (bicyclic) bond motifs is 9. The Bertz CT molecular complexity index is 2000. The molecule has 3 aliphatic carbocycles. The van der Waals surface area contributed by atoms with E-state index in [2.05, 4.69) is 91.0 Å². The van der Waals surface area contributed by atoms with Gasteiger partial charge in [0.2, 0.25) is 0 Å². The molecule has 3 aliphatic rings. The van der Waals surface area contributed by atoms with Crippen LogP contribution in [-0.4, -0.2) is 15.0 Å². The van der Waals surface area contributed by atoms with Crippen molar-refractivity contribution in [3.63, 3.8) is 0 Å². The summed E-state index contributed by atoms with van der Waals surface area (Å²) in [6.07, 6.45) is 6.71. The van der Waals surface area contributed by atoms with Crippen LogP contribution in [0.2, 0.25) is 0 Å². The van der Waals surface area contributed by atoms with Gasteiger partial charge in [-0.25, -0.2) is 4.98 Å². The fraction of sp³-hybridized carbons (Fsp3) is 0.0833. The Labute approximate surface area is 226 Å². The SMILES string of the molecule is c1ccc2c(c1)Cc1ccc(-c3ccc4c(c3)-c3nccc(-c5ccnc6c5Cc5ccccc5-6)c3C4)nc1-2. The van der Waals surface area contributed by atoms with Crippen molar-refractivity contribution in [2.24, 2.45) is 0 Å². The predicted octanol–water partition coefficient (Wildman–Crippen LogP) is 7.92. The summed E-state index contributed by atoms with van der Waals surface area (Å²) in [6.45, 7) is 0. The minimum Gasteiger partial charge on any atom is -0.256 e.